The molecule has 0 saturated carbocycles. The Kier molecular flexibility index (Phi) is 5.33. The predicted octanol–water partition coefficient (Wildman–Crippen LogP) is 4.03. The number of imidazole rings is 1. The summed E-state index contributed by atoms with van der Waals surface area (Å²) in [5.74, 6) is 1.49. The second kappa shape index (κ2) is 8.64. The van der Waals surface area contributed by atoms with Crippen LogP contribution < -0.4 is 19.7 Å². The number of nitrogens with one attached hydrogen (secondary N) is 1. The third-order valence-corrected chi connectivity index (χ3v) is 7.33. The molecule has 4 aromatic rings. The van der Waals surface area contributed by atoms with Crippen LogP contribution in [0.3, 0.4) is 0 Å². The third-order valence-electron chi connectivity index (χ3n) is 6.35. The summed E-state index contributed by atoms with van der Waals surface area (Å²) in [7, 11) is 0. The second-order valence-corrected chi connectivity index (χ2v) is 9.73. The fraction of sp³-hybridized carbons (Fsp3) is 0.320. The van der Waals surface area contributed by atoms with Crippen LogP contribution >= 0.6 is 11.3 Å². The van der Waals surface area contributed by atoms with E-state index in [0.717, 1.165) is 57.8 Å². The van der Waals surface area contributed by atoms with Crippen molar-refractivity contribution in [2.75, 3.05) is 24.8 Å². The van der Waals surface area contributed by atoms with Gasteiger partial charge in [-0.05, 0) is 37.5 Å². The minimum atomic E-state index is -0.0675. The number of ether oxygens (including phenoxy) is 2. The Hall–Kier alpha value is -3.59. The first-order chi connectivity index (χ1) is 16.6. The SMILES string of the molecule is Cc1ccc(-c2cn3nc(N4CCCC(C(=O)NCc5ccc6c(c5)OCO6)C4)sc3n2)cc1. The van der Waals surface area contributed by atoms with Crippen LogP contribution in [0.15, 0.2) is 48.7 Å². The van der Waals surface area contributed by atoms with Crippen molar-refractivity contribution in [1.82, 2.24) is 19.9 Å². The van der Waals surface area contributed by atoms with E-state index in [1.54, 1.807) is 11.3 Å². The van der Waals surface area contributed by atoms with Crippen molar-refractivity contribution in [2.24, 2.45) is 5.92 Å². The first-order valence-corrected chi connectivity index (χ1v) is 12.3. The molecule has 1 unspecified atom stereocenters. The molecule has 1 amide bonds. The van der Waals surface area contributed by atoms with Crippen molar-refractivity contribution >= 4 is 27.3 Å². The minimum absolute atomic E-state index is 0.0675. The maximum absolute atomic E-state index is 12.9. The summed E-state index contributed by atoms with van der Waals surface area (Å²) in [6, 6.07) is 14.1. The van der Waals surface area contributed by atoms with Crippen LogP contribution in [0.5, 0.6) is 11.5 Å². The van der Waals surface area contributed by atoms with Gasteiger partial charge in [-0.3, -0.25) is 4.79 Å². The fourth-order valence-electron chi connectivity index (χ4n) is 4.43. The van der Waals surface area contributed by atoms with Gasteiger partial charge in [0.05, 0.1) is 17.8 Å². The van der Waals surface area contributed by atoms with Gasteiger partial charge in [0.2, 0.25) is 22.8 Å². The van der Waals surface area contributed by atoms with E-state index in [9.17, 15) is 4.79 Å². The van der Waals surface area contributed by atoms with Crippen LogP contribution in [0.4, 0.5) is 5.13 Å². The number of hydrogen-bond donors (Lipinski definition) is 1. The average molecular weight is 476 g/mol. The number of rotatable bonds is 5. The van der Waals surface area contributed by atoms with Gasteiger partial charge in [-0.15, -0.1) is 5.10 Å². The monoisotopic (exact) mass is 475 g/mol. The number of carbonyl (C=O) groups excluding carboxylic acids is 1. The highest BCUT2D eigenvalue weighted by molar-refractivity contribution is 7.20. The molecule has 2 aliphatic rings. The molecule has 8 nitrogen and oxygen atoms in total. The topological polar surface area (TPSA) is 81.0 Å². The number of amides is 1. The van der Waals surface area contributed by atoms with Crippen molar-refractivity contribution in [3.63, 3.8) is 0 Å². The van der Waals surface area contributed by atoms with Gasteiger partial charge in [-0.1, -0.05) is 47.2 Å². The smallest absolute Gasteiger partial charge is 0.231 e. The highest BCUT2D eigenvalue weighted by Crippen LogP contribution is 2.33. The van der Waals surface area contributed by atoms with E-state index in [0.29, 0.717) is 13.1 Å². The van der Waals surface area contributed by atoms with E-state index in [-0.39, 0.29) is 18.6 Å². The largest absolute Gasteiger partial charge is 0.454 e. The molecule has 9 heteroatoms. The maximum atomic E-state index is 12.9. The van der Waals surface area contributed by atoms with Gasteiger partial charge < -0.3 is 19.7 Å². The zero-order chi connectivity index (χ0) is 23.1. The molecule has 0 radical (unpaired) electrons. The van der Waals surface area contributed by atoms with E-state index < -0.39 is 0 Å². The lowest BCUT2D eigenvalue weighted by Crippen LogP contribution is -2.43. The first kappa shape index (κ1) is 21.0. The molecule has 34 heavy (non-hydrogen) atoms. The standard InChI is InChI=1S/C25H25N5O3S/c1-16-4-7-18(8-5-16)20-14-30-24(27-20)34-25(28-30)29-10-2-3-19(13-29)23(31)26-12-17-6-9-21-22(11-17)33-15-32-21/h4-9,11,14,19H,2-3,10,12-13,15H2,1H3,(H,26,31). The van der Waals surface area contributed by atoms with Crippen molar-refractivity contribution in [3.8, 4) is 22.8 Å². The Morgan fingerprint density at radius 2 is 2.03 bits per heavy atom. The van der Waals surface area contributed by atoms with E-state index in [2.05, 4.69) is 41.4 Å². The van der Waals surface area contributed by atoms with Gasteiger partial charge in [0.25, 0.3) is 0 Å². The number of carbonyl (C=O) groups is 1. The zero-order valence-electron chi connectivity index (χ0n) is 18.9. The summed E-state index contributed by atoms with van der Waals surface area (Å²) < 4.78 is 12.6. The summed E-state index contributed by atoms with van der Waals surface area (Å²) >= 11 is 1.57. The van der Waals surface area contributed by atoms with Crippen LogP contribution in [0.25, 0.3) is 16.2 Å². The number of aryl methyl sites for hydroxylation is 1. The number of piperidine rings is 1. The van der Waals surface area contributed by atoms with E-state index in [1.807, 2.05) is 28.9 Å². The van der Waals surface area contributed by atoms with Crippen LogP contribution in [-0.2, 0) is 11.3 Å². The molecular weight excluding hydrogens is 450 g/mol. The van der Waals surface area contributed by atoms with Gasteiger partial charge in [-0.2, -0.15) is 0 Å². The Labute approximate surface area is 201 Å². The van der Waals surface area contributed by atoms with Crippen molar-refractivity contribution < 1.29 is 14.3 Å². The number of hydrogen-bond acceptors (Lipinski definition) is 7. The quantitative estimate of drug-likeness (QED) is 0.470. The maximum Gasteiger partial charge on any atom is 0.231 e. The molecule has 2 aliphatic heterocycles. The lowest BCUT2D eigenvalue weighted by molar-refractivity contribution is -0.125. The number of benzene rings is 2. The number of nitrogens with zero attached hydrogens (tertiary/aromatic N) is 4. The van der Waals surface area contributed by atoms with Crippen molar-refractivity contribution in [1.29, 1.82) is 0 Å². The molecule has 174 valence electrons. The summed E-state index contributed by atoms with van der Waals surface area (Å²) in [4.78, 5) is 20.7. The zero-order valence-corrected chi connectivity index (χ0v) is 19.7. The highest BCUT2D eigenvalue weighted by Gasteiger charge is 2.28. The molecule has 1 N–H and O–H groups in total. The van der Waals surface area contributed by atoms with Gasteiger partial charge in [0.1, 0.15) is 0 Å². The number of aromatic nitrogens is 3. The Bertz CT molecular complexity index is 1320. The van der Waals surface area contributed by atoms with Crippen LogP contribution in [-0.4, -0.2) is 40.4 Å². The van der Waals surface area contributed by atoms with E-state index in [1.165, 1.54) is 5.56 Å². The molecule has 2 aromatic carbocycles. The molecule has 2 aromatic heterocycles. The van der Waals surface area contributed by atoms with E-state index >= 15 is 0 Å². The van der Waals surface area contributed by atoms with E-state index in [4.69, 9.17) is 19.6 Å². The molecule has 0 aliphatic carbocycles. The van der Waals surface area contributed by atoms with Crippen LogP contribution in [0, 0.1) is 12.8 Å². The molecular formula is C25H25N5O3S. The molecule has 0 bridgehead atoms. The van der Waals surface area contributed by atoms with Crippen LogP contribution in [0.1, 0.15) is 24.0 Å². The Morgan fingerprint density at radius 1 is 1.18 bits per heavy atom. The summed E-state index contributed by atoms with van der Waals surface area (Å²) in [6.45, 7) is 4.35. The average Bonchev–Trinajstić information content (AvgIpc) is 3.58. The Morgan fingerprint density at radius 3 is 2.88 bits per heavy atom. The van der Waals surface area contributed by atoms with Gasteiger partial charge in [0.15, 0.2) is 11.5 Å². The third kappa shape index (κ3) is 4.07. The lowest BCUT2D eigenvalue weighted by Gasteiger charge is -2.31. The van der Waals surface area contributed by atoms with Crippen LogP contribution in [0.2, 0.25) is 0 Å². The highest BCUT2D eigenvalue weighted by atomic mass is 32.1. The molecule has 6 rings (SSSR count). The summed E-state index contributed by atoms with van der Waals surface area (Å²) in [5, 5.41) is 8.76. The van der Waals surface area contributed by atoms with Gasteiger partial charge in [0, 0.05) is 25.2 Å². The molecule has 1 saturated heterocycles. The minimum Gasteiger partial charge on any atom is -0.454 e. The molecule has 0 spiro atoms. The van der Waals surface area contributed by atoms with Gasteiger partial charge >= 0.3 is 0 Å². The molecule has 1 atom stereocenters. The molecule has 4 heterocycles. The van der Waals surface area contributed by atoms with Crippen molar-refractivity contribution in [2.45, 2.75) is 26.3 Å². The summed E-state index contributed by atoms with van der Waals surface area (Å²) in [6.07, 6.45) is 3.81. The second-order valence-electron chi connectivity index (χ2n) is 8.79. The van der Waals surface area contributed by atoms with Gasteiger partial charge in [-0.25, -0.2) is 9.50 Å². The van der Waals surface area contributed by atoms with Crippen molar-refractivity contribution in [3.05, 3.63) is 59.8 Å². The first-order valence-electron chi connectivity index (χ1n) is 11.5. The normalized spacial score (nSPS) is 17.3. The number of fused-ring (bicyclic) bond motifs is 2. The predicted molar refractivity (Wildman–Crippen MR) is 130 cm³/mol. The molecule has 1 fully saturated rings. The fourth-order valence-corrected chi connectivity index (χ4v) is 5.35. The summed E-state index contributed by atoms with van der Waals surface area (Å²) in [5.41, 5.74) is 4.23. The number of anilines is 1. The lowest BCUT2D eigenvalue weighted by atomic mass is 9.97. The Balaban J connectivity index is 1.10.